The molecule has 0 fully saturated rings. The second-order valence-corrected chi connectivity index (χ2v) is 6.65. The van der Waals surface area contributed by atoms with Crippen LogP contribution in [0.25, 0.3) is 11.0 Å². The van der Waals surface area contributed by atoms with E-state index in [1.54, 1.807) is 20.3 Å². The highest BCUT2D eigenvalue weighted by Crippen LogP contribution is 2.31. The average Bonchev–Trinajstić information content (AvgIpc) is 2.63. The van der Waals surface area contributed by atoms with Gasteiger partial charge in [0.25, 0.3) is 0 Å². The van der Waals surface area contributed by atoms with E-state index in [2.05, 4.69) is 0 Å². The molecular formula is C20H20ClNO5. The third-order valence-electron chi connectivity index (χ3n) is 4.27. The van der Waals surface area contributed by atoms with E-state index in [4.69, 9.17) is 25.5 Å². The molecule has 1 N–H and O–H groups in total. The molecule has 0 amide bonds. The Morgan fingerprint density at radius 1 is 1.07 bits per heavy atom. The summed E-state index contributed by atoms with van der Waals surface area (Å²) in [6.45, 7) is 1.08. The van der Waals surface area contributed by atoms with Crippen molar-refractivity contribution in [1.82, 2.24) is 4.90 Å². The fourth-order valence-electron chi connectivity index (χ4n) is 2.99. The Morgan fingerprint density at radius 3 is 2.52 bits per heavy atom. The number of phenols is 1. The van der Waals surface area contributed by atoms with Crippen LogP contribution in [0.1, 0.15) is 11.1 Å². The minimum absolute atomic E-state index is 0.124. The van der Waals surface area contributed by atoms with Gasteiger partial charge in [-0.2, -0.15) is 0 Å². The lowest BCUT2D eigenvalue weighted by atomic mass is 10.1. The first-order valence-corrected chi connectivity index (χ1v) is 8.63. The normalized spacial score (nSPS) is 11.1. The summed E-state index contributed by atoms with van der Waals surface area (Å²) in [5.74, 6) is 1.33. The maximum Gasteiger partial charge on any atom is 0.336 e. The Morgan fingerprint density at radius 2 is 1.81 bits per heavy atom. The highest BCUT2D eigenvalue weighted by atomic mass is 35.5. The first kappa shape index (κ1) is 19.1. The number of aromatic hydroxyl groups is 1. The number of rotatable bonds is 6. The number of nitrogens with zero attached hydrogens (tertiary/aromatic N) is 1. The molecule has 0 aliphatic rings. The smallest absolute Gasteiger partial charge is 0.336 e. The molecule has 7 heteroatoms. The van der Waals surface area contributed by atoms with Crippen LogP contribution in [-0.2, 0) is 13.1 Å². The summed E-state index contributed by atoms with van der Waals surface area (Å²) in [5.41, 5.74) is 1.58. The molecule has 0 saturated carbocycles. The first-order valence-electron chi connectivity index (χ1n) is 8.26. The van der Waals surface area contributed by atoms with E-state index in [-0.39, 0.29) is 10.8 Å². The van der Waals surface area contributed by atoms with Crippen LogP contribution >= 0.6 is 11.6 Å². The minimum atomic E-state index is -0.477. The molecule has 2 aromatic carbocycles. The van der Waals surface area contributed by atoms with E-state index >= 15 is 0 Å². The van der Waals surface area contributed by atoms with Gasteiger partial charge in [-0.15, -0.1) is 0 Å². The van der Waals surface area contributed by atoms with Crippen molar-refractivity contribution in [3.8, 4) is 17.2 Å². The highest BCUT2D eigenvalue weighted by molar-refractivity contribution is 6.32. The minimum Gasteiger partial charge on any atom is -0.506 e. The molecular weight excluding hydrogens is 370 g/mol. The van der Waals surface area contributed by atoms with Crippen molar-refractivity contribution in [2.75, 3.05) is 21.3 Å². The molecule has 1 aromatic heterocycles. The van der Waals surface area contributed by atoms with Gasteiger partial charge >= 0.3 is 5.63 Å². The highest BCUT2D eigenvalue weighted by Gasteiger charge is 2.13. The van der Waals surface area contributed by atoms with Crippen molar-refractivity contribution in [1.29, 1.82) is 0 Å². The van der Waals surface area contributed by atoms with Crippen molar-refractivity contribution in [3.05, 3.63) is 63.0 Å². The number of hydrogen-bond donors (Lipinski definition) is 1. The molecule has 0 unspecified atom stereocenters. The van der Waals surface area contributed by atoms with Crippen LogP contribution in [-0.4, -0.2) is 31.3 Å². The number of hydrogen-bond acceptors (Lipinski definition) is 6. The zero-order valence-corrected chi connectivity index (χ0v) is 16.0. The molecule has 0 bridgehead atoms. The monoisotopic (exact) mass is 389 g/mol. The number of fused-ring (bicyclic) bond motifs is 1. The van der Waals surface area contributed by atoms with Crippen LogP contribution < -0.4 is 15.1 Å². The van der Waals surface area contributed by atoms with Crippen LogP contribution in [0.3, 0.4) is 0 Å². The van der Waals surface area contributed by atoms with Crippen molar-refractivity contribution in [3.63, 3.8) is 0 Å². The van der Waals surface area contributed by atoms with Crippen LogP contribution in [0.4, 0.5) is 0 Å². The molecule has 142 valence electrons. The van der Waals surface area contributed by atoms with Crippen molar-refractivity contribution >= 4 is 22.6 Å². The van der Waals surface area contributed by atoms with Gasteiger partial charge in [0.15, 0.2) is 0 Å². The van der Waals surface area contributed by atoms with Gasteiger partial charge in [0.2, 0.25) is 0 Å². The van der Waals surface area contributed by atoms with Crippen molar-refractivity contribution < 1.29 is 19.0 Å². The third-order valence-corrected chi connectivity index (χ3v) is 4.58. The van der Waals surface area contributed by atoms with E-state index in [9.17, 15) is 9.90 Å². The molecule has 0 saturated heterocycles. The van der Waals surface area contributed by atoms with Gasteiger partial charge in [-0.25, -0.2) is 4.79 Å². The Kier molecular flexibility index (Phi) is 5.58. The van der Waals surface area contributed by atoms with E-state index in [0.717, 1.165) is 22.6 Å². The van der Waals surface area contributed by atoms with E-state index in [1.165, 1.54) is 12.1 Å². The summed E-state index contributed by atoms with van der Waals surface area (Å²) < 4.78 is 15.8. The van der Waals surface area contributed by atoms with Crippen LogP contribution in [0.2, 0.25) is 5.02 Å². The maximum absolute atomic E-state index is 11.9. The van der Waals surface area contributed by atoms with E-state index in [0.29, 0.717) is 24.1 Å². The largest absolute Gasteiger partial charge is 0.506 e. The molecule has 0 radical (unpaired) electrons. The lowest BCUT2D eigenvalue weighted by Crippen LogP contribution is -2.19. The Hall–Kier alpha value is -2.70. The first-order chi connectivity index (χ1) is 12.9. The molecule has 6 nitrogen and oxygen atoms in total. The number of methoxy groups -OCH3 is 2. The van der Waals surface area contributed by atoms with Crippen LogP contribution in [0.5, 0.6) is 17.2 Å². The lowest BCUT2D eigenvalue weighted by molar-refractivity contribution is 0.309. The SMILES string of the molecule is COc1ccc(CN(C)Cc2cc(=O)oc3cc(O)c(Cl)cc23)c(OC)c1. The summed E-state index contributed by atoms with van der Waals surface area (Å²) in [5, 5.41) is 10.6. The van der Waals surface area contributed by atoms with Crippen molar-refractivity contribution in [2.24, 2.45) is 0 Å². The number of halogens is 1. The lowest BCUT2D eigenvalue weighted by Gasteiger charge is -2.19. The van der Waals surface area contributed by atoms with Crippen molar-refractivity contribution in [2.45, 2.75) is 13.1 Å². The molecule has 3 rings (SSSR count). The predicted molar refractivity (Wildman–Crippen MR) is 104 cm³/mol. The zero-order chi connectivity index (χ0) is 19.6. The van der Waals surface area contributed by atoms with Gasteiger partial charge in [-0.05, 0) is 24.7 Å². The second-order valence-electron chi connectivity index (χ2n) is 6.24. The Labute approximate surface area is 161 Å². The number of ether oxygens (including phenoxy) is 2. The zero-order valence-electron chi connectivity index (χ0n) is 15.3. The average molecular weight is 390 g/mol. The van der Waals surface area contributed by atoms with Gasteiger partial charge in [0, 0.05) is 42.2 Å². The summed E-state index contributed by atoms with van der Waals surface area (Å²) in [6.07, 6.45) is 0. The van der Waals surface area contributed by atoms with Gasteiger partial charge in [0.1, 0.15) is 22.8 Å². The molecule has 0 aliphatic carbocycles. The molecule has 0 atom stereocenters. The quantitative estimate of drug-likeness (QED) is 0.646. The summed E-state index contributed by atoms with van der Waals surface area (Å²) in [4.78, 5) is 13.9. The Balaban J connectivity index is 1.89. The molecule has 0 spiro atoms. The molecule has 27 heavy (non-hydrogen) atoms. The third kappa shape index (κ3) is 4.18. The molecule has 1 heterocycles. The Bertz CT molecular complexity index is 1030. The summed E-state index contributed by atoms with van der Waals surface area (Å²) >= 11 is 6.02. The predicted octanol–water partition coefficient (Wildman–Crippen LogP) is 3.80. The maximum atomic E-state index is 11.9. The second kappa shape index (κ2) is 7.90. The van der Waals surface area contributed by atoms with Gasteiger partial charge < -0.3 is 19.0 Å². The van der Waals surface area contributed by atoms with E-state index < -0.39 is 5.63 Å². The van der Waals surface area contributed by atoms with Gasteiger partial charge in [-0.1, -0.05) is 17.7 Å². The fraction of sp³-hybridized carbons (Fsp3) is 0.250. The summed E-state index contributed by atoms with van der Waals surface area (Å²) in [7, 11) is 5.16. The molecule has 0 aliphatic heterocycles. The van der Waals surface area contributed by atoms with Crippen LogP contribution in [0, 0.1) is 0 Å². The van der Waals surface area contributed by atoms with Gasteiger partial charge in [0.05, 0.1) is 19.2 Å². The number of phenolic OH excluding ortho intramolecular Hbond substituents is 1. The van der Waals surface area contributed by atoms with Gasteiger partial charge in [-0.3, -0.25) is 4.90 Å². The summed E-state index contributed by atoms with van der Waals surface area (Å²) in [6, 6.07) is 10.1. The fourth-order valence-corrected chi connectivity index (χ4v) is 3.15. The topological polar surface area (TPSA) is 72.1 Å². The number of benzene rings is 2. The van der Waals surface area contributed by atoms with E-state index in [1.807, 2.05) is 30.1 Å². The standard InChI is InChI=1S/C20H20ClNO5/c1-22(10-12-4-5-14(25-2)7-18(12)26-3)11-13-6-20(24)27-19-9-17(23)16(21)8-15(13)19/h4-9,23H,10-11H2,1-3H3. The van der Waals surface area contributed by atoms with Crippen LogP contribution in [0.15, 0.2) is 45.6 Å². The molecule has 3 aromatic rings.